The van der Waals surface area contributed by atoms with Crippen molar-refractivity contribution in [2.45, 2.75) is 233 Å². The van der Waals surface area contributed by atoms with E-state index in [-0.39, 0.29) is 131 Å². The lowest BCUT2D eigenvalue weighted by molar-refractivity contribution is -0.316. The Balaban J connectivity index is 0.811. The summed E-state index contributed by atoms with van der Waals surface area (Å²) in [6.45, 7) is 6.51. The summed E-state index contributed by atoms with van der Waals surface area (Å²) in [4.78, 5) is 72.4. The molecule has 4 amide bonds. The van der Waals surface area contributed by atoms with E-state index < -0.39 is 166 Å². The highest BCUT2D eigenvalue weighted by atomic mass is 33.1. The van der Waals surface area contributed by atoms with Crippen LogP contribution in [0.5, 0.6) is 0 Å². The highest BCUT2D eigenvalue weighted by molar-refractivity contribution is 8.76. The molecule has 123 heavy (non-hydrogen) atoms. The van der Waals surface area contributed by atoms with Gasteiger partial charge in [-0.15, -0.1) is 20.4 Å². The number of Topliss-reactive ketones (excluding diaryl/α,β-unsaturated/α-hetero) is 1. The lowest BCUT2D eigenvalue weighted by Gasteiger charge is -2.44. The standard InChI is InChI=1S/C73H116N20O28S2/c1-44(98)76-59-65(105)62(102)55(41-95)118-69(59)113-26-22-109-18-14-90-36-48(80-84-90)32-88(33-49-37-91(85-81-49)15-19-111-24-28-115-71-61-67(117-47(4)78-61)64(104)57(43-97)120-71)13-8-6-9-52(68(107)75-12-30-122-123-58-10-5-7-11-74-58)89(34-50-38-92(86-82-50)16-20-110-23-27-114-70-60(77-45(2)99)66(106)63(103)56(42-96)119-70)35-51-39-93(87-83-51)17-21-112-25-29-116-72-73(108,79-46(3)100)31-53(101)54(40-94)121-72/h5,7,10-11,36-39,47,52-57,59-65,67,69-72,78,94-97,101-105,108H,6,8-9,12-35,40-43H2,1-4H3,(H,75,107)(H,76,98)(H,77,99)(H,79,100). The Labute approximate surface area is 715 Å². The Morgan fingerprint density at radius 1 is 0.593 bits per heavy atom. The van der Waals surface area contributed by atoms with Crippen molar-refractivity contribution < 1.29 is 137 Å². The highest BCUT2D eigenvalue weighted by Crippen LogP contribution is 2.32. The average molecular weight is 1790 g/mol. The summed E-state index contributed by atoms with van der Waals surface area (Å²) in [6, 6.07) is 1.88. The monoisotopic (exact) mass is 1780 g/mol. The van der Waals surface area contributed by atoms with Crippen LogP contribution in [0.25, 0.3) is 0 Å². The van der Waals surface area contributed by atoms with Gasteiger partial charge in [-0.3, -0.25) is 39.1 Å². The number of aliphatic hydroxyl groups excluding tert-OH is 9. The molecule has 15 N–H and O–H groups in total. The first kappa shape index (κ1) is 98.1. The van der Waals surface area contributed by atoms with Crippen LogP contribution in [-0.4, -0.2) is 402 Å². The number of nitrogens with zero attached hydrogens (tertiary/aromatic N) is 15. The smallest absolute Gasteiger partial charge is 0.237 e. The van der Waals surface area contributed by atoms with Gasteiger partial charge in [0.25, 0.3) is 0 Å². The number of rotatable bonds is 55. The molecule has 0 spiro atoms. The quantitative estimate of drug-likeness (QED) is 0.00977. The van der Waals surface area contributed by atoms with Crippen molar-refractivity contribution in [1.29, 1.82) is 0 Å². The number of ether oxygens (including phenoxy) is 13. The third-order valence-corrected chi connectivity index (χ3v) is 22.4. The van der Waals surface area contributed by atoms with Gasteiger partial charge in [0.1, 0.15) is 78.3 Å². The Morgan fingerprint density at radius 2 is 1.11 bits per heavy atom. The molecule has 5 saturated heterocycles. The highest BCUT2D eigenvalue weighted by Gasteiger charge is 2.52. The summed E-state index contributed by atoms with van der Waals surface area (Å²) in [7, 11) is 3.01. The van der Waals surface area contributed by atoms with E-state index in [0.717, 1.165) is 5.03 Å². The molecule has 5 aliphatic heterocycles. The Kier molecular flexibility index (Phi) is 40.2. The molecule has 0 saturated carbocycles. The van der Waals surface area contributed by atoms with Gasteiger partial charge < -0.3 is 134 Å². The first-order valence-corrected chi connectivity index (χ1v) is 43.0. The molecule has 10 rings (SSSR count). The maximum absolute atomic E-state index is 15.1. The topological polar surface area (TPSA) is 610 Å². The zero-order valence-electron chi connectivity index (χ0n) is 68.9. The predicted molar refractivity (Wildman–Crippen MR) is 422 cm³/mol. The van der Waals surface area contributed by atoms with Gasteiger partial charge in [0.15, 0.2) is 30.4 Å². The van der Waals surface area contributed by atoms with E-state index in [1.54, 1.807) is 50.4 Å². The molecule has 0 aliphatic carbocycles. The molecule has 5 fully saturated rings. The van der Waals surface area contributed by atoms with Gasteiger partial charge in [0.05, 0.1) is 173 Å². The number of ketones is 1. The molecular weight excluding hydrogens is 1670 g/mol. The first-order valence-electron chi connectivity index (χ1n) is 40.7. The minimum Gasteiger partial charge on any atom is -0.394 e. The molecule has 20 unspecified atom stereocenters. The summed E-state index contributed by atoms with van der Waals surface area (Å²) in [5.41, 5.74) is 0.105. The fourth-order valence-corrected chi connectivity index (χ4v) is 16.0. The van der Waals surface area contributed by atoms with Crippen molar-refractivity contribution in [2.24, 2.45) is 0 Å². The lowest BCUT2D eigenvalue weighted by atomic mass is 9.97. The summed E-state index contributed by atoms with van der Waals surface area (Å²) in [5.74, 6) is -2.18. The maximum atomic E-state index is 15.1. The van der Waals surface area contributed by atoms with Gasteiger partial charge in [-0.25, -0.2) is 23.7 Å². The largest absolute Gasteiger partial charge is 0.394 e. The van der Waals surface area contributed by atoms with Crippen molar-refractivity contribution in [3.8, 4) is 0 Å². The predicted octanol–water partition coefficient (Wildman–Crippen LogP) is -7.45. The van der Waals surface area contributed by atoms with E-state index in [0.29, 0.717) is 80.5 Å². The van der Waals surface area contributed by atoms with E-state index in [1.807, 2.05) is 29.3 Å². The molecule has 688 valence electrons. The van der Waals surface area contributed by atoms with Crippen LogP contribution in [0.1, 0.15) is 76.2 Å². The van der Waals surface area contributed by atoms with Gasteiger partial charge in [0.2, 0.25) is 29.9 Å². The number of carbonyl (C=O) groups excluding carboxylic acids is 5. The van der Waals surface area contributed by atoms with Crippen molar-refractivity contribution >= 4 is 51.0 Å². The number of aromatic nitrogens is 13. The summed E-state index contributed by atoms with van der Waals surface area (Å²) in [6.07, 6.45) is -7.35. The van der Waals surface area contributed by atoms with E-state index >= 15 is 4.79 Å². The van der Waals surface area contributed by atoms with Crippen LogP contribution in [0.15, 0.2) is 54.2 Å². The zero-order valence-corrected chi connectivity index (χ0v) is 70.5. The fourth-order valence-electron chi connectivity index (χ4n) is 14.2. The minimum atomic E-state index is -2.09. The van der Waals surface area contributed by atoms with Crippen LogP contribution < -0.4 is 26.6 Å². The van der Waals surface area contributed by atoms with Crippen LogP contribution in [0.3, 0.4) is 0 Å². The molecule has 50 heteroatoms. The summed E-state index contributed by atoms with van der Waals surface area (Å²) in [5, 5.41) is 153. The Hall–Kier alpha value is -7.08. The van der Waals surface area contributed by atoms with Crippen LogP contribution in [0.2, 0.25) is 0 Å². The number of nitrogens with one attached hydrogen (secondary N) is 5. The second kappa shape index (κ2) is 50.5. The third-order valence-electron chi connectivity index (χ3n) is 20.1. The molecule has 5 aromatic rings. The number of fused-ring (bicyclic) bond motifs is 1. The molecule has 48 nitrogen and oxygen atoms in total. The van der Waals surface area contributed by atoms with Crippen LogP contribution >= 0.6 is 21.6 Å². The van der Waals surface area contributed by atoms with Crippen molar-refractivity contribution in [2.75, 3.05) is 125 Å². The van der Waals surface area contributed by atoms with Crippen molar-refractivity contribution in [1.82, 2.24) is 101 Å². The zero-order chi connectivity index (χ0) is 87.8. The Bertz CT molecular complexity index is 3970. The number of amides is 4. The number of hydrogen-bond acceptors (Lipinski definition) is 42. The molecule has 5 aromatic heterocycles. The van der Waals surface area contributed by atoms with Gasteiger partial charge in [-0.05, 0) is 49.2 Å². The Morgan fingerprint density at radius 3 is 1.63 bits per heavy atom. The fraction of sp³-hybridized carbons (Fsp3) is 0.753. The number of aliphatic hydroxyl groups is 10. The van der Waals surface area contributed by atoms with E-state index in [2.05, 4.69) is 77.7 Å². The molecule has 20 atom stereocenters. The van der Waals surface area contributed by atoms with E-state index in [1.165, 1.54) is 42.4 Å². The molecule has 0 bridgehead atoms. The average Bonchev–Trinajstić information content (AvgIpc) is 1.74. The van der Waals surface area contributed by atoms with Gasteiger partial charge in [0, 0.05) is 96.7 Å². The maximum Gasteiger partial charge on any atom is 0.237 e. The number of hydrogen-bond donors (Lipinski definition) is 15. The number of pyridine rings is 1. The van der Waals surface area contributed by atoms with Crippen LogP contribution in [0, 0.1) is 0 Å². The minimum absolute atomic E-state index is 0.00299. The summed E-state index contributed by atoms with van der Waals surface area (Å²) < 4.78 is 81.9. The SMILES string of the molecule is CC(=O)NC1C(=O)C(O)C(CO)OC1OCCOCCn1cc(CN(Cc2cn(CCOCCOC3OC(CO)C(O)CC3(O)NC(C)=O)nn2)C(CCCCN(Cc2cn(CCOCCOC3OC(CO)C(O)C(O)C3NC(C)=O)nn2)Cc2cn(CCOCCOC3OC(CO)C(O)C4OC(C)NC34)nn2)C(=O)NCCSSc2ccccn2)nn1. The van der Waals surface area contributed by atoms with E-state index in [9.17, 15) is 70.2 Å². The molecule has 10 heterocycles. The van der Waals surface area contributed by atoms with Crippen molar-refractivity contribution in [3.63, 3.8) is 0 Å². The van der Waals surface area contributed by atoms with Gasteiger partial charge in [-0.1, -0.05) is 44.1 Å². The molecular formula is C73H116N20O28S2. The lowest BCUT2D eigenvalue weighted by Crippen LogP contribution is -2.65. The van der Waals surface area contributed by atoms with Crippen LogP contribution in [-0.2, 0) is 138 Å². The van der Waals surface area contributed by atoms with Crippen molar-refractivity contribution in [3.05, 3.63) is 72.0 Å². The molecule has 5 aliphatic rings. The summed E-state index contributed by atoms with van der Waals surface area (Å²) >= 11 is 0. The van der Waals surface area contributed by atoms with Gasteiger partial charge in [-0.2, -0.15) is 0 Å². The molecule has 0 radical (unpaired) electrons. The van der Waals surface area contributed by atoms with E-state index in [4.69, 9.17) is 61.6 Å². The first-order chi connectivity index (χ1) is 59.4. The second-order valence-electron chi connectivity index (χ2n) is 29.7. The normalized spacial score (nSPS) is 27.5. The number of unbranched alkanes of at least 4 members (excludes halogenated alkanes) is 1. The third kappa shape index (κ3) is 30.3. The number of carbonyl (C=O) groups is 5. The second-order valence-corrected chi connectivity index (χ2v) is 32.2. The van der Waals surface area contributed by atoms with Gasteiger partial charge >= 0.3 is 0 Å². The molecule has 0 aromatic carbocycles. The van der Waals surface area contributed by atoms with Crippen LogP contribution in [0.4, 0.5) is 0 Å².